The molecule has 0 unspecified atom stereocenters. The van der Waals surface area contributed by atoms with E-state index in [1.165, 1.54) is 0 Å². The Morgan fingerprint density at radius 2 is 2.00 bits per heavy atom. The van der Waals surface area contributed by atoms with Gasteiger partial charge < -0.3 is 9.38 Å². The van der Waals surface area contributed by atoms with Crippen LogP contribution in [0.2, 0.25) is 0 Å². The number of imidazole rings is 1. The lowest BCUT2D eigenvalue weighted by atomic mass is 10.1. The van der Waals surface area contributed by atoms with Crippen LogP contribution >= 0.6 is 0 Å². The average molecular weight is 372 g/mol. The fourth-order valence-corrected chi connectivity index (χ4v) is 3.86. The fraction of sp³-hybridized carbons (Fsp3) is 0.238. The highest BCUT2D eigenvalue weighted by atomic mass is 16.1. The van der Waals surface area contributed by atoms with Gasteiger partial charge in [0.2, 0.25) is 0 Å². The van der Waals surface area contributed by atoms with Crippen LogP contribution in [0.5, 0.6) is 0 Å². The Labute approximate surface area is 161 Å². The Bertz CT molecular complexity index is 1210. The zero-order valence-electron chi connectivity index (χ0n) is 15.6. The monoisotopic (exact) mass is 372 g/mol. The third-order valence-electron chi connectivity index (χ3n) is 5.28. The smallest absolute Gasteiger partial charge is 0.255 e. The number of H-pyrrole nitrogens is 1. The van der Waals surface area contributed by atoms with E-state index in [4.69, 9.17) is 9.97 Å². The van der Waals surface area contributed by atoms with Gasteiger partial charge in [0.1, 0.15) is 11.6 Å². The zero-order valence-corrected chi connectivity index (χ0v) is 15.6. The van der Waals surface area contributed by atoms with Gasteiger partial charge in [0.05, 0.1) is 22.5 Å². The summed E-state index contributed by atoms with van der Waals surface area (Å²) in [6.07, 6.45) is 6.19. The molecule has 1 N–H and O–H groups in total. The molecule has 1 aliphatic heterocycles. The molecule has 0 saturated carbocycles. The molecule has 140 valence electrons. The Morgan fingerprint density at radius 3 is 2.86 bits per heavy atom. The van der Waals surface area contributed by atoms with Gasteiger partial charge in [-0.2, -0.15) is 0 Å². The largest absolute Gasteiger partial charge is 0.306 e. The number of aromatic amines is 1. The highest BCUT2D eigenvalue weighted by molar-refractivity contribution is 5.54. The number of nitrogens with one attached hydrogen (secondary N) is 1. The first-order valence-electron chi connectivity index (χ1n) is 9.36. The van der Waals surface area contributed by atoms with E-state index in [-0.39, 0.29) is 5.56 Å². The predicted molar refractivity (Wildman–Crippen MR) is 106 cm³/mol. The maximum absolute atomic E-state index is 12.7. The van der Waals surface area contributed by atoms with E-state index in [9.17, 15) is 4.79 Å². The van der Waals surface area contributed by atoms with Crippen molar-refractivity contribution in [2.24, 2.45) is 0 Å². The summed E-state index contributed by atoms with van der Waals surface area (Å²) in [5.74, 6) is 1.58. The van der Waals surface area contributed by atoms with E-state index in [0.29, 0.717) is 18.9 Å². The van der Waals surface area contributed by atoms with Crippen molar-refractivity contribution < 1.29 is 0 Å². The summed E-state index contributed by atoms with van der Waals surface area (Å²) in [5.41, 5.74) is 4.61. The summed E-state index contributed by atoms with van der Waals surface area (Å²) in [7, 11) is 0. The van der Waals surface area contributed by atoms with Gasteiger partial charge in [-0.25, -0.2) is 9.97 Å². The number of hydrogen-bond acceptors (Lipinski definition) is 5. The third kappa shape index (κ3) is 2.90. The lowest BCUT2D eigenvalue weighted by molar-refractivity contribution is 0.240. The van der Waals surface area contributed by atoms with Crippen LogP contribution in [0, 0.1) is 6.92 Å². The molecule has 1 aliphatic rings. The van der Waals surface area contributed by atoms with Crippen molar-refractivity contribution in [1.82, 2.24) is 29.2 Å². The van der Waals surface area contributed by atoms with E-state index in [1.54, 1.807) is 12.4 Å². The number of nitrogens with zero attached hydrogens (tertiary/aromatic N) is 5. The summed E-state index contributed by atoms with van der Waals surface area (Å²) in [4.78, 5) is 31.4. The van der Waals surface area contributed by atoms with Gasteiger partial charge in [0, 0.05) is 50.2 Å². The van der Waals surface area contributed by atoms with Gasteiger partial charge in [-0.1, -0.05) is 6.07 Å². The second-order valence-corrected chi connectivity index (χ2v) is 7.10. The number of hydrogen-bond donors (Lipinski definition) is 1. The minimum absolute atomic E-state index is 0.0626. The molecule has 0 saturated heterocycles. The highest BCUT2D eigenvalue weighted by Gasteiger charge is 2.23. The second-order valence-electron chi connectivity index (χ2n) is 7.10. The van der Waals surface area contributed by atoms with Crippen LogP contribution in [0.25, 0.3) is 16.9 Å². The lowest BCUT2D eigenvalue weighted by Crippen LogP contribution is -2.35. The van der Waals surface area contributed by atoms with Crippen molar-refractivity contribution in [2.45, 2.75) is 26.4 Å². The summed E-state index contributed by atoms with van der Waals surface area (Å²) in [5, 5.41) is 0. The number of rotatable bonds is 3. The number of fused-ring (bicyclic) bond motifs is 2. The molecule has 0 bridgehead atoms. The van der Waals surface area contributed by atoms with E-state index in [2.05, 4.69) is 25.3 Å². The van der Waals surface area contributed by atoms with Crippen molar-refractivity contribution in [3.63, 3.8) is 0 Å². The average Bonchev–Trinajstić information content (AvgIpc) is 3.05. The molecule has 7 heteroatoms. The van der Waals surface area contributed by atoms with Crippen molar-refractivity contribution in [2.75, 3.05) is 6.54 Å². The molecule has 0 fully saturated rings. The minimum Gasteiger partial charge on any atom is -0.306 e. The maximum Gasteiger partial charge on any atom is 0.255 e. The molecule has 0 radical (unpaired) electrons. The Hall–Kier alpha value is -3.32. The zero-order chi connectivity index (χ0) is 19.1. The third-order valence-corrected chi connectivity index (χ3v) is 5.28. The van der Waals surface area contributed by atoms with Crippen LogP contribution in [0.1, 0.15) is 22.8 Å². The predicted octanol–water partition coefficient (Wildman–Crippen LogP) is 2.35. The van der Waals surface area contributed by atoms with Crippen LogP contribution < -0.4 is 5.56 Å². The SMILES string of the molecule is Cc1nc(CN2CCc3nc(-c4ccncc4)[nH]c(=O)c3C2)c2ccccn12. The fourth-order valence-electron chi connectivity index (χ4n) is 3.86. The number of aromatic nitrogens is 5. The lowest BCUT2D eigenvalue weighted by Gasteiger charge is -2.27. The van der Waals surface area contributed by atoms with Gasteiger partial charge in [0.25, 0.3) is 5.56 Å². The molecule has 5 rings (SSSR count). The van der Waals surface area contributed by atoms with Crippen LogP contribution in [0.4, 0.5) is 0 Å². The molecule has 0 spiro atoms. The van der Waals surface area contributed by atoms with Gasteiger partial charge >= 0.3 is 0 Å². The molecule has 4 aromatic rings. The van der Waals surface area contributed by atoms with Gasteiger partial charge in [-0.15, -0.1) is 0 Å². The Morgan fingerprint density at radius 1 is 1.14 bits per heavy atom. The standard InChI is InChI=1S/C21H20N6O/c1-14-23-18(19-4-2-3-10-27(14)19)13-26-11-7-17-16(12-26)21(28)25-20(24-17)15-5-8-22-9-6-15/h2-6,8-10H,7,11-13H2,1H3,(H,24,25,28). The van der Waals surface area contributed by atoms with Gasteiger partial charge in [0.15, 0.2) is 0 Å². The van der Waals surface area contributed by atoms with E-state index < -0.39 is 0 Å². The van der Waals surface area contributed by atoms with Gasteiger partial charge in [-0.05, 0) is 31.2 Å². The molecular weight excluding hydrogens is 352 g/mol. The Kier molecular flexibility index (Phi) is 4.02. The van der Waals surface area contributed by atoms with Crippen molar-refractivity contribution >= 4 is 5.52 Å². The number of aryl methyl sites for hydroxylation is 1. The van der Waals surface area contributed by atoms with Crippen molar-refractivity contribution in [3.05, 3.63) is 82.1 Å². The maximum atomic E-state index is 12.7. The molecule has 0 atom stereocenters. The first-order valence-corrected chi connectivity index (χ1v) is 9.36. The topological polar surface area (TPSA) is 79.2 Å². The molecule has 0 amide bonds. The van der Waals surface area contributed by atoms with Crippen LogP contribution in [-0.4, -0.2) is 35.8 Å². The molecule has 0 aliphatic carbocycles. The summed E-state index contributed by atoms with van der Waals surface area (Å²) < 4.78 is 2.10. The summed E-state index contributed by atoms with van der Waals surface area (Å²) in [6.45, 7) is 4.16. The van der Waals surface area contributed by atoms with E-state index in [0.717, 1.165) is 46.8 Å². The number of pyridine rings is 2. The molecule has 0 aromatic carbocycles. The molecule has 7 nitrogen and oxygen atoms in total. The van der Waals surface area contributed by atoms with Crippen LogP contribution in [0.3, 0.4) is 0 Å². The summed E-state index contributed by atoms with van der Waals surface area (Å²) in [6, 6.07) is 9.83. The molecule has 28 heavy (non-hydrogen) atoms. The quantitative estimate of drug-likeness (QED) is 0.597. The minimum atomic E-state index is -0.0626. The first kappa shape index (κ1) is 16.8. The normalized spacial score (nSPS) is 14.3. The van der Waals surface area contributed by atoms with Crippen LogP contribution in [-0.2, 0) is 19.5 Å². The van der Waals surface area contributed by atoms with E-state index >= 15 is 0 Å². The van der Waals surface area contributed by atoms with Crippen molar-refractivity contribution in [1.29, 1.82) is 0 Å². The second kappa shape index (κ2) is 6.69. The molecular formula is C21H20N6O. The molecule has 5 heterocycles. The van der Waals surface area contributed by atoms with Crippen molar-refractivity contribution in [3.8, 4) is 11.4 Å². The Balaban J connectivity index is 1.43. The summed E-state index contributed by atoms with van der Waals surface area (Å²) >= 11 is 0. The first-order chi connectivity index (χ1) is 13.7. The van der Waals surface area contributed by atoms with Crippen LogP contribution in [0.15, 0.2) is 53.7 Å². The highest BCUT2D eigenvalue weighted by Crippen LogP contribution is 2.21. The van der Waals surface area contributed by atoms with Gasteiger partial charge in [-0.3, -0.25) is 14.7 Å². The van der Waals surface area contributed by atoms with E-state index in [1.807, 2.05) is 37.4 Å². The molecule has 4 aromatic heterocycles.